The van der Waals surface area contributed by atoms with Gasteiger partial charge in [-0.2, -0.15) is 0 Å². The van der Waals surface area contributed by atoms with Crippen molar-refractivity contribution in [2.24, 2.45) is 0 Å². The van der Waals surface area contributed by atoms with E-state index in [1.807, 2.05) is 6.92 Å². The number of ether oxygens (including phenoxy) is 2. The number of nitrogens with one attached hydrogen (secondary N) is 1. The molecule has 1 N–H and O–H groups in total. The molecule has 0 saturated carbocycles. The molecule has 2 atom stereocenters. The van der Waals surface area contributed by atoms with E-state index in [-0.39, 0.29) is 6.10 Å². The molecule has 3 nitrogen and oxygen atoms in total. The minimum absolute atomic E-state index is 0.0948. The van der Waals surface area contributed by atoms with E-state index >= 15 is 0 Å². The third kappa shape index (κ3) is 4.00. The van der Waals surface area contributed by atoms with Gasteiger partial charge in [0.25, 0.3) is 0 Å². The van der Waals surface area contributed by atoms with Crippen molar-refractivity contribution in [3.8, 4) is 5.75 Å². The molecule has 1 aliphatic rings. The van der Waals surface area contributed by atoms with Crippen LogP contribution in [0.25, 0.3) is 0 Å². The summed E-state index contributed by atoms with van der Waals surface area (Å²) in [6.45, 7) is 3.80. The van der Waals surface area contributed by atoms with Crippen LogP contribution in [-0.2, 0) is 11.2 Å². The summed E-state index contributed by atoms with van der Waals surface area (Å²) in [7, 11) is 1.69. The van der Waals surface area contributed by atoms with E-state index in [4.69, 9.17) is 9.47 Å². The van der Waals surface area contributed by atoms with Crippen molar-refractivity contribution < 1.29 is 9.47 Å². The van der Waals surface area contributed by atoms with E-state index in [9.17, 15) is 0 Å². The monoisotopic (exact) mass is 249 g/mol. The van der Waals surface area contributed by atoms with Gasteiger partial charge in [0.05, 0.1) is 6.61 Å². The lowest BCUT2D eigenvalue weighted by molar-refractivity contribution is 0.0921. The van der Waals surface area contributed by atoms with Crippen LogP contribution in [0, 0.1) is 0 Å². The SMILES string of the molecule is COC[C@@H](C)Oc1ccc(CC2CCCN2)cc1. The highest BCUT2D eigenvalue weighted by Gasteiger charge is 2.14. The van der Waals surface area contributed by atoms with Gasteiger partial charge in [-0.25, -0.2) is 0 Å². The summed E-state index contributed by atoms with van der Waals surface area (Å²) in [6.07, 6.45) is 3.81. The van der Waals surface area contributed by atoms with Crippen LogP contribution in [0.4, 0.5) is 0 Å². The molecule has 0 aromatic heterocycles. The minimum atomic E-state index is 0.0948. The Morgan fingerprint density at radius 3 is 2.72 bits per heavy atom. The Morgan fingerprint density at radius 2 is 2.11 bits per heavy atom. The summed E-state index contributed by atoms with van der Waals surface area (Å²) in [5.41, 5.74) is 1.38. The van der Waals surface area contributed by atoms with Gasteiger partial charge in [-0.1, -0.05) is 12.1 Å². The first-order chi connectivity index (χ1) is 8.78. The Bertz CT molecular complexity index is 344. The maximum absolute atomic E-state index is 5.74. The topological polar surface area (TPSA) is 30.5 Å². The molecule has 0 aliphatic carbocycles. The molecule has 1 aromatic carbocycles. The Balaban J connectivity index is 1.84. The van der Waals surface area contributed by atoms with E-state index in [2.05, 4.69) is 29.6 Å². The van der Waals surface area contributed by atoms with E-state index in [0.717, 1.165) is 12.2 Å². The highest BCUT2D eigenvalue weighted by atomic mass is 16.5. The molecule has 1 aliphatic heterocycles. The molecule has 100 valence electrons. The zero-order chi connectivity index (χ0) is 12.8. The van der Waals surface area contributed by atoms with Gasteiger partial charge in [0.1, 0.15) is 11.9 Å². The van der Waals surface area contributed by atoms with E-state index in [1.165, 1.54) is 24.9 Å². The molecule has 0 radical (unpaired) electrons. The standard InChI is InChI=1S/C15H23NO2/c1-12(11-17-2)18-15-7-5-13(6-8-15)10-14-4-3-9-16-14/h5-8,12,14,16H,3-4,9-11H2,1-2H3/t12-,14?/m1/s1. The largest absolute Gasteiger partial charge is 0.488 e. The average Bonchev–Trinajstić information content (AvgIpc) is 2.85. The molecule has 3 heteroatoms. The first-order valence-electron chi connectivity index (χ1n) is 6.76. The summed E-state index contributed by atoms with van der Waals surface area (Å²) in [6, 6.07) is 9.08. The quantitative estimate of drug-likeness (QED) is 0.839. The first kappa shape index (κ1) is 13.4. The maximum Gasteiger partial charge on any atom is 0.119 e. The van der Waals surface area contributed by atoms with Crippen LogP contribution in [0.15, 0.2) is 24.3 Å². The van der Waals surface area contributed by atoms with Crippen molar-refractivity contribution >= 4 is 0 Å². The Labute approximate surface area is 109 Å². The van der Waals surface area contributed by atoms with Crippen LogP contribution in [0.3, 0.4) is 0 Å². The van der Waals surface area contributed by atoms with Gasteiger partial charge in [-0.3, -0.25) is 0 Å². The predicted molar refractivity (Wildman–Crippen MR) is 73.1 cm³/mol. The highest BCUT2D eigenvalue weighted by Crippen LogP contribution is 2.17. The fraction of sp³-hybridized carbons (Fsp3) is 0.600. The van der Waals surface area contributed by atoms with Crippen LogP contribution >= 0.6 is 0 Å². The van der Waals surface area contributed by atoms with Crippen LogP contribution in [-0.4, -0.2) is 32.4 Å². The molecule has 1 fully saturated rings. The van der Waals surface area contributed by atoms with Crippen LogP contribution in [0.1, 0.15) is 25.3 Å². The van der Waals surface area contributed by atoms with Gasteiger partial charge < -0.3 is 14.8 Å². The summed E-state index contributed by atoms with van der Waals surface area (Å²) in [5, 5.41) is 3.52. The molecule has 0 amide bonds. The third-order valence-electron chi connectivity index (χ3n) is 3.31. The smallest absolute Gasteiger partial charge is 0.119 e. The lowest BCUT2D eigenvalue weighted by atomic mass is 10.0. The van der Waals surface area contributed by atoms with Crippen molar-refractivity contribution in [3.63, 3.8) is 0 Å². The van der Waals surface area contributed by atoms with Gasteiger partial charge in [0.15, 0.2) is 0 Å². The second-order valence-corrected chi connectivity index (χ2v) is 5.03. The van der Waals surface area contributed by atoms with Crippen molar-refractivity contribution in [3.05, 3.63) is 29.8 Å². The number of hydrogen-bond donors (Lipinski definition) is 1. The molecular formula is C15H23NO2. The molecule has 0 spiro atoms. The number of methoxy groups -OCH3 is 1. The Kier molecular flexibility index (Phi) is 5.02. The van der Waals surface area contributed by atoms with Crippen LogP contribution < -0.4 is 10.1 Å². The van der Waals surface area contributed by atoms with Crippen molar-refractivity contribution in [1.29, 1.82) is 0 Å². The van der Waals surface area contributed by atoms with Crippen LogP contribution in [0.5, 0.6) is 5.75 Å². The molecule has 1 saturated heterocycles. The zero-order valence-electron chi connectivity index (χ0n) is 11.3. The van der Waals surface area contributed by atoms with Gasteiger partial charge in [0.2, 0.25) is 0 Å². The maximum atomic E-state index is 5.74. The average molecular weight is 249 g/mol. The Morgan fingerprint density at radius 1 is 1.33 bits per heavy atom. The van der Waals surface area contributed by atoms with Gasteiger partial charge in [-0.05, 0) is 50.4 Å². The third-order valence-corrected chi connectivity index (χ3v) is 3.31. The fourth-order valence-electron chi connectivity index (χ4n) is 2.42. The molecule has 2 rings (SSSR count). The van der Waals surface area contributed by atoms with Gasteiger partial charge in [0, 0.05) is 13.2 Å². The second kappa shape index (κ2) is 6.76. The Hall–Kier alpha value is -1.06. The van der Waals surface area contributed by atoms with Crippen molar-refractivity contribution in [2.45, 2.75) is 38.3 Å². The normalized spacial score (nSPS) is 20.9. The first-order valence-corrected chi connectivity index (χ1v) is 6.76. The van der Waals surface area contributed by atoms with E-state index < -0.39 is 0 Å². The van der Waals surface area contributed by atoms with Crippen LogP contribution in [0.2, 0.25) is 0 Å². The molecule has 18 heavy (non-hydrogen) atoms. The van der Waals surface area contributed by atoms with Crippen molar-refractivity contribution in [2.75, 3.05) is 20.3 Å². The van der Waals surface area contributed by atoms with E-state index in [1.54, 1.807) is 7.11 Å². The summed E-state index contributed by atoms with van der Waals surface area (Å²) < 4.78 is 10.8. The predicted octanol–water partition coefficient (Wildman–Crippen LogP) is 2.39. The summed E-state index contributed by atoms with van der Waals surface area (Å²) >= 11 is 0. The van der Waals surface area contributed by atoms with E-state index in [0.29, 0.717) is 12.6 Å². The lowest BCUT2D eigenvalue weighted by Gasteiger charge is -2.14. The lowest BCUT2D eigenvalue weighted by Crippen LogP contribution is -2.23. The molecular weight excluding hydrogens is 226 g/mol. The number of hydrogen-bond acceptors (Lipinski definition) is 3. The molecule has 1 heterocycles. The van der Waals surface area contributed by atoms with Gasteiger partial charge >= 0.3 is 0 Å². The zero-order valence-corrected chi connectivity index (χ0v) is 11.3. The second-order valence-electron chi connectivity index (χ2n) is 5.03. The van der Waals surface area contributed by atoms with Crippen molar-refractivity contribution in [1.82, 2.24) is 5.32 Å². The molecule has 0 bridgehead atoms. The fourth-order valence-corrected chi connectivity index (χ4v) is 2.42. The van der Waals surface area contributed by atoms with Gasteiger partial charge in [-0.15, -0.1) is 0 Å². The summed E-state index contributed by atoms with van der Waals surface area (Å²) in [5.74, 6) is 0.919. The minimum Gasteiger partial charge on any atom is -0.488 e. The molecule has 1 aromatic rings. The number of rotatable bonds is 6. The number of benzene rings is 1. The summed E-state index contributed by atoms with van der Waals surface area (Å²) in [4.78, 5) is 0. The highest BCUT2D eigenvalue weighted by molar-refractivity contribution is 5.28. The molecule has 1 unspecified atom stereocenters.